The van der Waals surface area contributed by atoms with Gasteiger partial charge >= 0.3 is 12.2 Å². The van der Waals surface area contributed by atoms with Crippen LogP contribution in [0.3, 0.4) is 0 Å². The molecule has 10 rings (SSSR count). The van der Waals surface area contributed by atoms with Crippen LogP contribution in [0.5, 0.6) is 0 Å². The maximum atomic E-state index is 14.3. The molecule has 2 aliphatic carbocycles. The summed E-state index contributed by atoms with van der Waals surface area (Å²) < 4.78 is 15.4. The number of H-pyrrole nitrogens is 1. The van der Waals surface area contributed by atoms with Crippen LogP contribution < -0.4 is 16.0 Å². The van der Waals surface area contributed by atoms with Gasteiger partial charge in [0, 0.05) is 31.4 Å². The predicted molar refractivity (Wildman–Crippen MR) is 245 cm³/mol. The number of hydrogen-bond donors (Lipinski definition) is 4. The lowest BCUT2D eigenvalue weighted by atomic mass is 9.90. The Morgan fingerprint density at radius 3 is 2.25 bits per heavy atom. The third-order valence-corrected chi connectivity index (χ3v) is 15.2. The Balaban J connectivity index is 0.808. The van der Waals surface area contributed by atoms with Crippen LogP contribution in [-0.2, 0) is 23.8 Å². The Hall–Kier alpha value is -5.96. The number of carbonyl (C=O) groups excluding carboxylic acids is 4. The lowest BCUT2D eigenvalue weighted by Crippen LogP contribution is -2.59. The van der Waals surface area contributed by atoms with E-state index in [1.165, 1.54) is 14.2 Å². The number of amidine groups is 1. The number of nitrogens with zero attached hydrogens (tertiary/aromatic N) is 4. The van der Waals surface area contributed by atoms with Gasteiger partial charge in [-0.3, -0.25) is 14.6 Å². The van der Waals surface area contributed by atoms with E-state index in [9.17, 15) is 19.2 Å². The molecular formula is C50H60N8O7. The molecule has 65 heavy (non-hydrogen) atoms. The summed E-state index contributed by atoms with van der Waals surface area (Å²) in [6, 6.07) is 20.1. The Labute approximate surface area is 379 Å². The van der Waals surface area contributed by atoms with Crippen LogP contribution in [0.15, 0.2) is 71.9 Å². The lowest BCUT2D eigenvalue weighted by molar-refractivity contribution is -0.138. The van der Waals surface area contributed by atoms with Gasteiger partial charge in [0.1, 0.15) is 23.7 Å². The fourth-order valence-electron chi connectivity index (χ4n) is 11.4. The number of alkyl carbamates (subject to hydrolysis) is 2. The molecule has 0 radical (unpaired) electrons. The average molecular weight is 885 g/mol. The molecule has 15 nitrogen and oxygen atoms in total. The monoisotopic (exact) mass is 884 g/mol. The topological polar surface area (TPSA) is 180 Å². The van der Waals surface area contributed by atoms with Crippen molar-refractivity contribution in [1.82, 2.24) is 35.7 Å². The van der Waals surface area contributed by atoms with Crippen molar-refractivity contribution in [2.75, 3.05) is 40.5 Å². The molecule has 2 saturated carbocycles. The van der Waals surface area contributed by atoms with Gasteiger partial charge in [-0.25, -0.2) is 14.6 Å². The van der Waals surface area contributed by atoms with Gasteiger partial charge in [0.2, 0.25) is 11.8 Å². The number of fused-ring (bicyclic) bond motifs is 3. The molecule has 3 aromatic carbocycles. The molecule has 7 atom stereocenters. The zero-order valence-corrected chi connectivity index (χ0v) is 37.7. The molecule has 6 aliphatic rings. The van der Waals surface area contributed by atoms with E-state index in [4.69, 9.17) is 24.2 Å². The highest BCUT2D eigenvalue weighted by Gasteiger charge is 2.56. The minimum atomic E-state index is -0.681. The molecule has 1 spiro atoms. The summed E-state index contributed by atoms with van der Waals surface area (Å²) in [6.07, 6.45) is 8.08. The number of aliphatic imine (C=N–C) groups is 1. The third kappa shape index (κ3) is 8.32. The third-order valence-electron chi connectivity index (χ3n) is 15.2. The van der Waals surface area contributed by atoms with Crippen LogP contribution in [0.25, 0.3) is 33.2 Å². The Bertz CT molecular complexity index is 2490. The second-order valence-corrected chi connectivity index (χ2v) is 19.5. The number of aromatic amines is 1. The van der Waals surface area contributed by atoms with Gasteiger partial charge in [-0.05, 0) is 114 Å². The molecule has 1 unspecified atom stereocenters. The fourth-order valence-corrected chi connectivity index (χ4v) is 11.4. The highest BCUT2D eigenvalue weighted by Crippen LogP contribution is 2.58. The highest BCUT2D eigenvalue weighted by molar-refractivity contribution is 5.96. The van der Waals surface area contributed by atoms with Gasteiger partial charge in [0.15, 0.2) is 0 Å². The minimum Gasteiger partial charge on any atom is -0.453 e. The van der Waals surface area contributed by atoms with Crippen LogP contribution in [0.1, 0.15) is 88.7 Å². The summed E-state index contributed by atoms with van der Waals surface area (Å²) in [4.78, 5) is 70.3. The maximum absolute atomic E-state index is 14.3. The number of imidazole rings is 1. The molecule has 342 valence electrons. The van der Waals surface area contributed by atoms with Crippen LogP contribution in [-0.4, -0.2) is 114 Å². The number of rotatable bonds is 11. The molecule has 4 aliphatic heterocycles. The van der Waals surface area contributed by atoms with E-state index >= 15 is 0 Å². The Morgan fingerprint density at radius 1 is 0.846 bits per heavy atom. The molecule has 4 amide bonds. The number of methoxy groups -OCH3 is 2. The molecular weight excluding hydrogens is 825 g/mol. The molecule has 4 N–H and O–H groups in total. The normalized spacial score (nSPS) is 25.4. The first kappa shape index (κ1) is 43.0. The molecule has 15 heteroatoms. The smallest absolute Gasteiger partial charge is 0.407 e. The number of hydrogen-bond acceptors (Lipinski definition) is 10. The second kappa shape index (κ2) is 17.4. The quantitative estimate of drug-likeness (QED) is 0.125. The van der Waals surface area contributed by atoms with Crippen molar-refractivity contribution in [1.29, 1.82) is 0 Å². The average Bonchev–Trinajstić information content (AvgIpc) is 3.97. The van der Waals surface area contributed by atoms with Crippen molar-refractivity contribution in [2.45, 2.75) is 101 Å². The minimum absolute atomic E-state index is 0.00637. The maximum Gasteiger partial charge on any atom is 0.407 e. The first-order valence-electron chi connectivity index (χ1n) is 23.4. The van der Waals surface area contributed by atoms with Gasteiger partial charge in [-0.2, -0.15) is 0 Å². The summed E-state index contributed by atoms with van der Waals surface area (Å²) in [5.74, 6) is 1.72. The van der Waals surface area contributed by atoms with Gasteiger partial charge in [-0.1, -0.05) is 62.4 Å². The van der Waals surface area contributed by atoms with Crippen LogP contribution in [0.2, 0.25) is 0 Å². The van der Waals surface area contributed by atoms with Crippen LogP contribution in [0.4, 0.5) is 9.59 Å². The summed E-state index contributed by atoms with van der Waals surface area (Å²) in [7, 11) is 2.64. The second-order valence-electron chi connectivity index (χ2n) is 19.5. The molecule has 1 aromatic heterocycles. The molecule has 2 bridgehead atoms. The zero-order valence-electron chi connectivity index (χ0n) is 37.7. The standard InChI is InChI=1S/C50H60N8O7/c1-28(2)41(55-48(61)63-3)47(60)58-37-14-13-36(23-37)43(58)45-52-25-38(54-45)30-7-5-29(6-8-30)32-9-10-34-22-35(12-11-33(34)21-32)39-26-51-44(53-39)40-24-50(17-18-50)27-57(40)46(59)42(56-49(62)64-4)31-15-19-65-20-16-31/h5-12,21-22,26,28,31,36-38,40-43H,13-20,23-25,27H2,1-4H3,(H,51,53)(H,52,54)(H,55,61)(H,56,62)/t36-,37+,38?,40-,41-,42-,43-/m0/s1. The van der Waals surface area contributed by atoms with Crippen molar-refractivity contribution in [3.8, 4) is 22.4 Å². The van der Waals surface area contributed by atoms with Crippen LogP contribution >= 0.6 is 0 Å². The Kier molecular flexibility index (Phi) is 11.5. The number of piperidine rings is 1. The number of carbonyl (C=O) groups is 4. The fraction of sp³-hybridized carbons (Fsp3) is 0.520. The molecule has 4 aromatic rings. The zero-order chi connectivity index (χ0) is 45.0. The van der Waals surface area contributed by atoms with Gasteiger partial charge in [-0.15, -0.1) is 0 Å². The van der Waals surface area contributed by atoms with E-state index in [0.717, 1.165) is 88.9 Å². The van der Waals surface area contributed by atoms with Gasteiger partial charge < -0.3 is 44.9 Å². The molecule has 5 heterocycles. The van der Waals surface area contributed by atoms with Crippen molar-refractivity contribution in [2.24, 2.45) is 28.2 Å². The first-order chi connectivity index (χ1) is 31.5. The lowest BCUT2D eigenvalue weighted by Gasteiger charge is -2.38. The number of likely N-dealkylation sites (tertiary alicyclic amines) is 2. The summed E-state index contributed by atoms with van der Waals surface area (Å²) in [5, 5.41) is 11.6. The number of aromatic nitrogens is 2. The summed E-state index contributed by atoms with van der Waals surface area (Å²) >= 11 is 0. The van der Waals surface area contributed by atoms with E-state index < -0.39 is 24.3 Å². The highest BCUT2D eigenvalue weighted by atomic mass is 16.5. The van der Waals surface area contributed by atoms with Crippen molar-refractivity contribution in [3.63, 3.8) is 0 Å². The van der Waals surface area contributed by atoms with E-state index in [1.54, 1.807) is 0 Å². The van der Waals surface area contributed by atoms with Crippen molar-refractivity contribution < 1.29 is 33.4 Å². The van der Waals surface area contributed by atoms with E-state index in [0.29, 0.717) is 45.1 Å². The van der Waals surface area contributed by atoms with Crippen LogP contribution in [0, 0.1) is 23.2 Å². The number of amides is 4. The number of ether oxygens (including phenoxy) is 3. The summed E-state index contributed by atoms with van der Waals surface area (Å²) in [6.45, 7) is 6.27. The SMILES string of the molecule is COC(=O)N[C@H](C(=O)N1[C@@H]2CC[C@@H](C2)[C@H]1C1=NCC(c2ccc(-c3ccc4cc(-c5cnc([C@@H]6CC7(CC7)CN6C(=O)[C@@H](NC(=O)OC)C6CCOCC6)[nH]5)ccc4c3)cc2)N1)C(C)C. The van der Waals surface area contributed by atoms with Crippen molar-refractivity contribution in [3.05, 3.63) is 78.2 Å². The predicted octanol–water partition coefficient (Wildman–Crippen LogP) is 6.90. The van der Waals surface area contributed by atoms with Gasteiger partial charge in [0.25, 0.3) is 0 Å². The first-order valence-corrected chi connectivity index (χ1v) is 23.4. The van der Waals surface area contributed by atoms with E-state index in [1.807, 2.05) is 29.8 Å². The molecule has 5 fully saturated rings. The van der Waals surface area contributed by atoms with Gasteiger partial charge in [0.05, 0.1) is 50.8 Å². The number of nitrogens with one attached hydrogen (secondary N) is 4. The van der Waals surface area contributed by atoms with Crippen molar-refractivity contribution >= 4 is 40.6 Å². The van der Waals surface area contributed by atoms with E-state index in [2.05, 4.69) is 81.6 Å². The largest absolute Gasteiger partial charge is 0.453 e. The number of benzene rings is 3. The molecule has 3 saturated heterocycles. The Morgan fingerprint density at radius 2 is 1.54 bits per heavy atom. The van der Waals surface area contributed by atoms with E-state index in [-0.39, 0.29) is 53.2 Å². The summed E-state index contributed by atoms with van der Waals surface area (Å²) in [5.41, 5.74) is 5.38.